The zero-order valence-electron chi connectivity index (χ0n) is 14.1. The molecule has 2 heterocycles. The van der Waals surface area contributed by atoms with E-state index >= 15 is 0 Å². The summed E-state index contributed by atoms with van der Waals surface area (Å²) in [5.41, 5.74) is -0.179. The lowest BCUT2D eigenvalue weighted by Gasteiger charge is -2.22. The molecule has 6 nitrogen and oxygen atoms in total. The smallest absolute Gasteiger partial charge is 0.259 e. The van der Waals surface area contributed by atoms with Gasteiger partial charge < -0.3 is 20.2 Å². The second-order valence-electron chi connectivity index (χ2n) is 5.97. The first kappa shape index (κ1) is 18.2. The standard InChI is InChI=1S/C19H18BrN3O3/c1-19(25,16-5-3-11-26-16)12-22-17-15(4-2-10-21-17)18(24)23-14-8-6-13(20)7-9-14/h2-11,25H,12H2,1H3,(H,21,22)(H,23,24). The van der Waals surface area contributed by atoms with Crippen molar-refractivity contribution in [2.45, 2.75) is 12.5 Å². The maximum Gasteiger partial charge on any atom is 0.259 e. The molecule has 0 aliphatic carbocycles. The maximum absolute atomic E-state index is 12.6. The molecule has 0 spiro atoms. The van der Waals surface area contributed by atoms with Crippen molar-refractivity contribution in [1.29, 1.82) is 0 Å². The molecule has 1 atom stereocenters. The molecule has 3 N–H and O–H groups in total. The number of nitrogens with zero attached hydrogens (tertiary/aromatic N) is 1. The number of aliphatic hydroxyl groups is 1. The molecule has 26 heavy (non-hydrogen) atoms. The number of rotatable bonds is 6. The summed E-state index contributed by atoms with van der Waals surface area (Å²) < 4.78 is 6.19. The molecule has 7 heteroatoms. The Kier molecular flexibility index (Phi) is 5.39. The van der Waals surface area contributed by atoms with E-state index in [4.69, 9.17) is 4.42 Å². The molecule has 0 fully saturated rings. The van der Waals surface area contributed by atoms with Crippen LogP contribution in [0, 0.1) is 0 Å². The predicted octanol–water partition coefficient (Wildman–Crippen LogP) is 4.01. The Bertz CT molecular complexity index is 877. The van der Waals surface area contributed by atoms with E-state index in [1.165, 1.54) is 6.26 Å². The number of amides is 1. The molecule has 1 amide bonds. The highest BCUT2D eigenvalue weighted by molar-refractivity contribution is 9.10. The normalized spacial score (nSPS) is 13.0. The van der Waals surface area contributed by atoms with Crippen molar-refractivity contribution in [3.05, 3.63) is 76.8 Å². The minimum atomic E-state index is -1.24. The highest BCUT2D eigenvalue weighted by Crippen LogP contribution is 2.23. The summed E-state index contributed by atoms with van der Waals surface area (Å²) >= 11 is 3.36. The van der Waals surface area contributed by atoms with Crippen molar-refractivity contribution >= 4 is 33.3 Å². The molecular weight excluding hydrogens is 398 g/mol. The van der Waals surface area contributed by atoms with Crippen molar-refractivity contribution < 1.29 is 14.3 Å². The highest BCUT2D eigenvalue weighted by atomic mass is 79.9. The first-order valence-electron chi connectivity index (χ1n) is 7.98. The third kappa shape index (κ3) is 4.30. The average molecular weight is 416 g/mol. The summed E-state index contributed by atoms with van der Waals surface area (Å²) in [6.07, 6.45) is 3.09. The van der Waals surface area contributed by atoms with Gasteiger partial charge >= 0.3 is 0 Å². The van der Waals surface area contributed by atoms with Gasteiger partial charge in [0.15, 0.2) is 0 Å². The number of aromatic nitrogens is 1. The van der Waals surface area contributed by atoms with Gasteiger partial charge in [0.2, 0.25) is 0 Å². The van der Waals surface area contributed by atoms with E-state index < -0.39 is 5.60 Å². The zero-order chi connectivity index (χ0) is 18.6. The maximum atomic E-state index is 12.6. The van der Waals surface area contributed by atoms with E-state index in [1.54, 1.807) is 49.5 Å². The number of carbonyl (C=O) groups is 1. The molecule has 0 radical (unpaired) electrons. The monoisotopic (exact) mass is 415 g/mol. The number of halogens is 1. The third-order valence-electron chi connectivity index (χ3n) is 3.81. The lowest BCUT2D eigenvalue weighted by atomic mass is 10.0. The van der Waals surface area contributed by atoms with Crippen molar-refractivity contribution in [2.75, 3.05) is 17.2 Å². The zero-order valence-corrected chi connectivity index (χ0v) is 15.7. The summed E-state index contributed by atoms with van der Waals surface area (Å²) in [7, 11) is 0. The predicted molar refractivity (Wildman–Crippen MR) is 103 cm³/mol. The van der Waals surface area contributed by atoms with E-state index in [1.807, 2.05) is 12.1 Å². The second-order valence-corrected chi connectivity index (χ2v) is 6.88. The first-order chi connectivity index (χ1) is 12.5. The van der Waals surface area contributed by atoms with E-state index in [-0.39, 0.29) is 12.5 Å². The number of anilines is 2. The summed E-state index contributed by atoms with van der Waals surface area (Å²) in [6, 6.07) is 14.1. The van der Waals surface area contributed by atoms with Crippen LogP contribution in [0.2, 0.25) is 0 Å². The molecule has 1 unspecified atom stereocenters. The van der Waals surface area contributed by atoms with Gasteiger partial charge in [0, 0.05) is 16.4 Å². The molecule has 3 aromatic rings. The second kappa shape index (κ2) is 7.72. The van der Waals surface area contributed by atoms with E-state index in [9.17, 15) is 9.90 Å². The van der Waals surface area contributed by atoms with Gasteiger partial charge in [-0.25, -0.2) is 4.98 Å². The Labute approximate surface area is 159 Å². The molecule has 134 valence electrons. The topological polar surface area (TPSA) is 87.4 Å². The molecule has 0 aliphatic heterocycles. The lowest BCUT2D eigenvalue weighted by molar-refractivity contribution is 0.0475. The van der Waals surface area contributed by atoms with Crippen molar-refractivity contribution in [2.24, 2.45) is 0 Å². The molecule has 0 bridgehead atoms. The number of hydrogen-bond donors (Lipinski definition) is 3. The third-order valence-corrected chi connectivity index (χ3v) is 4.34. The molecule has 0 saturated heterocycles. The summed E-state index contributed by atoms with van der Waals surface area (Å²) in [4.78, 5) is 16.8. The Hall–Kier alpha value is -2.64. The van der Waals surface area contributed by atoms with Crippen LogP contribution in [0.25, 0.3) is 0 Å². The van der Waals surface area contributed by atoms with Gasteiger partial charge in [-0.2, -0.15) is 0 Å². The number of benzene rings is 1. The Morgan fingerprint density at radius 1 is 1.23 bits per heavy atom. The van der Waals surface area contributed by atoms with Gasteiger partial charge in [-0.1, -0.05) is 15.9 Å². The molecule has 0 aliphatic rings. The minimum Gasteiger partial charge on any atom is -0.466 e. The van der Waals surface area contributed by atoms with Gasteiger partial charge in [0.1, 0.15) is 17.2 Å². The van der Waals surface area contributed by atoms with Crippen LogP contribution in [0.4, 0.5) is 11.5 Å². The van der Waals surface area contributed by atoms with Gasteiger partial charge in [-0.05, 0) is 55.5 Å². The van der Waals surface area contributed by atoms with Gasteiger partial charge in [0.05, 0.1) is 18.4 Å². The van der Waals surface area contributed by atoms with Crippen LogP contribution >= 0.6 is 15.9 Å². The highest BCUT2D eigenvalue weighted by Gasteiger charge is 2.26. The molecule has 1 aromatic carbocycles. The molecule has 2 aromatic heterocycles. The van der Waals surface area contributed by atoms with Crippen molar-refractivity contribution in [1.82, 2.24) is 4.98 Å². The quantitative estimate of drug-likeness (QED) is 0.565. The van der Waals surface area contributed by atoms with Gasteiger partial charge in [0.25, 0.3) is 5.91 Å². The van der Waals surface area contributed by atoms with Crippen molar-refractivity contribution in [3.63, 3.8) is 0 Å². The van der Waals surface area contributed by atoms with E-state index in [0.717, 1.165) is 4.47 Å². The summed E-state index contributed by atoms with van der Waals surface area (Å²) in [6.45, 7) is 1.76. The van der Waals surface area contributed by atoms with Crippen LogP contribution in [-0.2, 0) is 5.60 Å². The largest absolute Gasteiger partial charge is 0.466 e. The van der Waals surface area contributed by atoms with Crippen LogP contribution in [0.3, 0.4) is 0 Å². The Morgan fingerprint density at radius 3 is 2.69 bits per heavy atom. The average Bonchev–Trinajstić information content (AvgIpc) is 3.18. The number of hydrogen-bond acceptors (Lipinski definition) is 5. The fourth-order valence-corrected chi connectivity index (χ4v) is 2.65. The van der Waals surface area contributed by atoms with Gasteiger partial charge in [-0.3, -0.25) is 4.79 Å². The Balaban J connectivity index is 1.73. The van der Waals surface area contributed by atoms with Crippen LogP contribution in [0.15, 0.2) is 69.9 Å². The number of carbonyl (C=O) groups excluding carboxylic acids is 1. The molecular formula is C19H18BrN3O3. The minimum absolute atomic E-state index is 0.135. The molecule has 3 rings (SSSR count). The summed E-state index contributed by atoms with van der Waals surface area (Å²) in [5, 5.41) is 16.4. The fraction of sp³-hybridized carbons (Fsp3) is 0.158. The number of nitrogens with one attached hydrogen (secondary N) is 2. The summed E-state index contributed by atoms with van der Waals surface area (Å²) in [5.74, 6) is 0.524. The van der Waals surface area contributed by atoms with Crippen LogP contribution in [-0.4, -0.2) is 22.5 Å². The fourth-order valence-electron chi connectivity index (χ4n) is 2.39. The molecule has 0 saturated carbocycles. The Morgan fingerprint density at radius 2 is 2.00 bits per heavy atom. The lowest BCUT2D eigenvalue weighted by Crippen LogP contribution is -2.31. The number of pyridine rings is 1. The van der Waals surface area contributed by atoms with Crippen LogP contribution < -0.4 is 10.6 Å². The van der Waals surface area contributed by atoms with Crippen LogP contribution in [0.5, 0.6) is 0 Å². The van der Waals surface area contributed by atoms with E-state index in [0.29, 0.717) is 22.8 Å². The van der Waals surface area contributed by atoms with Crippen LogP contribution in [0.1, 0.15) is 23.0 Å². The van der Waals surface area contributed by atoms with Gasteiger partial charge in [-0.15, -0.1) is 0 Å². The van der Waals surface area contributed by atoms with E-state index in [2.05, 4.69) is 31.5 Å². The number of furan rings is 1. The van der Waals surface area contributed by atoms with Crippen molar-refractivity contribution in [3.8, 4) is 0 Å². The first-order valence-corrected chi connectivity index (χ1v) is 8.77. The SMILES string of the molecule is CC(O)(CNc1ncccc1C(=O)Nc1ccc(Br)cc1)c1ccco1.